The molecule has 5 heteroatoms. The Labute approximate surface area is 108 Å². The molecule has 1 fully saturated rings. The van der Waals surface area contributed by atoms with Crippen LogP contribution < -0.4 is 10.6 Å². The molecule has 0 bridgehead atoms. The van der Waals surface area contributed by atoms with Gasteiger partial charge in [-0.25, -0.2) is 0 Å². The number of aliphatic hydroxyl groups excluding tert-OH is 1. The Morgan fingerprint density at radius 1 is 1.50 bits per heavy atom. The number of nitrogens with two attached hydrogens (primary N) is 1. The third-order valence-corrected chi connectivity index (χ3v) is 3.32. The fraction of sp³-hybridized carbons (Fsp3) is 0.615. The molecule has 0 saturated carbocycles. The second kappa shape index (κ2) is 5.65. The van der Waals surface area contributed by atoms with Gasteiger partial charge in [0.2, 0.25) is 0 Å². The molecule has 2 unspecified atom stereocenters. The number of hydrogen-bond acceptors (Lipinski definition) is 5. The van der Waals surface area contributed by atoms with Crippen molar-refractivity contribution < 1.29 is 5.11 Å². The van der Waals surface area contributed by atoms with E-state index < -0.39 is 0 Å². The predicted octanol–water partition coefficient (Wildman–Crippen LogP) is 0.0415. The van der Waals surface area contributed by atoms with E-state index in [1.807, 2.05) is 18.3 Å². The average Bonchev–Trinajstić information content (AvgIpc) is 2.69. The van der Waals surface area contributed by atoms with E-state index in [-0.39, 0.29) is 6.10 Å². The molecule has 2 atom stereocenters. The molecule has 2 heterocycles. The normalized spacial score (nSPS) is 23.9. The summed E-state index contributed by atoms with van der Waals surface area (Å²) in [7, 11) is 4.11. The van der Waals surface area contributed by atoms with Crippen molar-refractivity contribution in [1.82, 2.24) is 9.88 Å². The van der Waals surface area contributed by atoms with Crippen LogP contribution in [0.4, 0.5) is 5.69 Å². The quantitative estimate of drug-likeness (QED) is 0.790. The number of nitrogens with zero attached hydrogens (tertiary/aromatic N) is 3. The Morgan fingerprint density at radius 3 is 2.83 bits per heavy atom. The monoisotopic (exact) mass is 250 g/mol. The number of anilines is 1. The fourth-order valence-corrected chi connectivity index (χ4v) is 2.51. The molecular formula is C13H22N4O. The van der Waals surface area contributed by atoms with Crippen molar-refractivity contribution >= 4 is 5.69 Å². The molecule has 0 aliphatic carbocycles. The maximum absolute atomic E-state index is 9.84. The standard InChI is InChI=1S/C13H22N4O/c1-16(2)8-12-5-13(18)9-17(12)11-4-3-10(6-14)15-7-11/h3-4,7,12-13,18H,5-6,8-9,14H2,1-2H3. The molecule has 1 aliphatic rings. The predicted molar refractivity (Wildman–Crippen MR) is 72.4 cm³/mol. The van der Waals surface area contributed by atoms with Crippen molar-refractivity contribution in [3.63, 3.8) is 0 Å². The van der Waals surface area contributed by atoms with Crippen LogP contribution in [0.25, 0.3) is 0 Å². The van der Waals surface area contributed by atoms with E-state index in [9.17, 15) is 5.11 Å². The van der Waals surface area contributed by atoms with E-state index in [1.54, 1.807) is 0 Å². The molecular weight excluding hydrogens is 228 g/mol. The molecule has 1 aromatic rings. The van der Waals surface area contributed by atoms with Gasteiger partial charge in [0.1, 0.15) is 0 Å². The second-order valence-electron chi connectivity index (χ2n) is 5.17. The van der Waals surface area contributed by atoms with Gasteiger partial charge in [-0.1, -0.05) is 0 Å². The Bertz CT molecular complexity index is 379. The largest absolute Gasteiger partial charge is 0.391 e. The highest BCUT2D eigenvalue weighted by Crippen LogP contribution is 2.25. The van der Waals surface area contributed by atoms with Crippen LogP contribution in [0.5, 0.6) is 0 Å². The number of rotatable bonds is 4. The van der Waals surface area contributed by atoms with Crippen molar-refractivity contribution in [2.45, 2.75) is 25.1 Å². The van der Waals surface area contributed by atoms with Gasteiger partial charge >= 0.3 is 0 Å². The summed E-state index contributed by atoms with van der Waals surface area (Å²) in [5, 5.41) is 9.84. The van der Waals surface area contributed by atoms with Gasteiger partial charge < -0.3 is 20.6 Å². The topological polar surface area (TPSA) is 65.6 Å². The first kappa shape index (κ1) is 13.3. The molecule has 3 N–H and O–H groups in total. The zero-order chi connectivity index (χ0) is 13.1. The Kier molecular flexibility index (Phi) is 4.16. The maximum Gasteiger partial charge on any atom is 0.0735 e. The smallest absolute Gasteiger partial charge is 0.0735 e. The third kappa shape index (κ3) is 2.98. The Hall–Kier alpha value is -1.17. The maximum atomic E-state index is 9.84. The van der Waals surface area contributed by atoms with Crippen LogP contribution in [-0.4, -0.2) is 54.3 Å². The van der Waals surface area contributed by atoms with Crippen molar-refractivity contribution in [2.75, 3.05) is 32.1 Å². The minimum atomic E-state index is -0.246. The van der Waals surface area contributed by atoms with E-state index in [0.29, 0.717) is 19.1 Å². The highest BCUT2D eigenvalue weighted by Gasteiger charge is 2.31. The van der Waals surface area contributed by atoms with Gasteiger partial charge in [0, 0.05) is 25.7 Å². The molecule has 5 nitrogen and oxygen atoms in total. The molecule has 1 saturated heterocycles. The van der Waals surface area contributed by atoms with Crippen molar-refractivity contribution in [1.29, 1.82) is 0 Å². The second-order valence-corrected chi connectivity index (χ2v) is 5.17. The summed E-state index contributed by atoms with van der Waals surface area (Å²) in [5.74, 6) is 0. The Balaban J connectivity index is 2.13. The zero-order valence-electron chi connectivity index (χ0n) is 11.1. The van der Waals surface area contributed by atoms with Gasteiger partial charge in [-0.05, 0) is 32.6 Å². The highest BCUT2D eigenvalue weighted by atomic mass is 16.3. The van der Waals surface area contributed by atoms with Crippen LogP contribution in [0, 0.1) is 0 Å². The summed E-state index contributed by atoms with van der Waals surface area (Å²) in [6, 6.07) is 4.34. The van der Waals surface area contributed by atoms with Gasteiger partial charge in [-0.15, -0.1) is 0 Å². The van der Waals surface area contributed by atoms with Gasteiger partial charge in [0.25, 0.3) is 0 Å². The number of aromatic nitrogens is 1. The van der Waals surface area contributed by atoms with E-state index in [4.69, 9.17) is 5.73 Å². The summed E-state index contributed by atoms with van der Waals surface area (Å²) < 4.78 is 0. The van der Waals surface area contributed by atoms with Crippen LogP contribution in [0.1, 0.15) is 12.1 Å². The lowest BCUT2D eigenvalue weighted by Crippen LogP contribution is -2.37. The molecule has 1 aromatic heterocycles. The minimum Gasteiger partial charge on any atom is -0.391 e. The lowest BCUT2D eigenvalue weighted by atomic mass is 10.2. The lowest BCUT2D eigenvalue weighted by Gasteiger charge is -2.28. The first-order chi connectivity index (χ1) is 8.60. The molecule has 1 aliphatic heterocycles. The Morgan fingerprint density at radius 2 is 2.28 bits per heavy atom. The van der Waals surface area contributed by atoms with Gasteiger partial charge in [0.15, 0.2) is 0 Å². The molecule has 18 heavy (non-hydrogen) atoms. The number of hydrogen-bond donors (Lipinski definition) is 2. The summed E-state index contributed by atoms with van der Waals surface area (Å²) in [4.78, 5) is 8.70. The molecule has 0 aromatic carbocycles. The van der Waals surface area contributed by atoms with Crippen molar-refractivity contribution in [2.24, 2.45) is 5.73 Å². The van der Waals surface area contributed by atoms with Crippen LogP contribution >= 0.6 is 0 Å². The van der Waals surface area contributed by atoms with Crippen LogP contribution in [0.15, 0.2) is 18.3 Å². The highest BCUT2D eigenvalue weighted by molar-refractivity contribution is 5.47. The van der Waals surface area contributed by atoms with Crippen LogP contribution in [0.3, 0.4) is 0 Å². The molecule has 2 rings (SSSR count). The lowest BCUT2D eigenvalue weighted by molar-refractivity contribution is 0.191. The summed E-state index contributed by atoms with van der Waals surface area (Å²) in [5.41, 5.74) is 7.50. The number of pyridine rings is 1. The van der Waals surface area contributed by atoms with Crippen LogP contribution in [-0.2, 0) is 6.54 Å². The van der Waals surface area contributed by atoms with Crippen molar-refractivity contribution in [3.8, 4) is 0 Å². The summed E-state index contributed by atoms with van der Waals surface area (Å²) >= 11 is 0. The number of likely N-dealkylation sites (N-methyl/N-ethyl adjacent to an activating group) is 1. The average molecular weight is 250 g/mol. The number of aliphatic hydroxyl groups is 1. The zero-order valence-corrected chi connectivity index (χ0v) is 11.1. The summed E-state index contributed by atoms with van der Waals surface area (Å²) in [6.07, 6.45) is 2.42. The van der Waals surface area contributed by atoms with Crippen molar-refractivity contribution in [3.05, 3.63) is 24.0 Å². The first-order valence-electron chi connectivity index (χ1n) is 6.34. The molecule has 0 radical (unpaired) electrons. The van der Waals surface area contributed by atoms with Gasteiger partial charge in [0.05, 0.1) is 23.7 Å². The van der Waals surface area contributed by atoms with E-state index in [0.717, 1.165) is 24.3 Å². The summed E-state index contributed by atoms with van der Waals surface area (Å²) in [6.45, 7) is 2.09. The van der Waals surface area contributed by atoms with E-state index in [2.05, 4.69) is 28.9 Å². The van der Waals surface area contributed by atoms with E-state index >= 15 is 0 Å². The molecule has 100 valence electrons. The first-order valence-corrected chi connectivity index (χ1v) is 6.34. The SMILES string of the molecule is CN(C)CC1CC(O)CN1c1ccc(CN)nc1. The van der Waals surface area contributed by atoms with Gasteiger partial charge in [-0.2, -0.15) is 0 Å². The minimum absolute atomic E-state index is 0.246. The molecule has 0 spiro atoms. The van der Waals surface area contributed by atoms with Gasteiger partial charge in [-0.3, -0.25) is 4.98 Å². The third-order valence-electron chi connectivity index (χ3n) is 3.32. The van der Waals surface area contributed by atoms with Crippen LogP contribution in [0.2, 0.25) is 0 Å². The van der Waals surface area contributed by atoms with E-state index in [1.165, 1.54) is 0 Å². The fourth-order valence-electron chi connectivity index (χ4n) is 2.51. The molecule has 0 amide bonds. The number of β-amino-alcohol motifs (C(OH)–C–C–N with tert-alkyl or cyclic N) is 1.